The molecule has 1 N–H and O–H groups in total. The van der Waals surface area contributed by atoms with E-state index in [9.17, 15) is 5.11 Å². The number of benzene rings is 2. The third-order valence-electron chi connectivity index (χ3n) is 5.94. The summed E-state index contributed by atoms with van der Waals surface area (Å²) < 4.78 is 19.6. The molecule has 0 bridgehead atoms. The number of hydrogen-bond donors (Lipinski definition) is 1. The Hall–Kier alpha value is -2.58. The van der Waals surface area contributed by atoms with E-state index in [4.69, 9.17) is 25.8 Å². The van der Waals surface area contributed by atoms with Gasteiger partial charge in [0.25, 0.3) is 0 Å². The van der Waals surface area contributed by atoms with Gasteiger partial charge in [0, 0.05) is 43.0 Å². The quantitative estimate of drug-likeness (QED) is 0.446. The second kappa shape index (κ2) is 11.9. The van der Waals surface area contributed by atoms with Gasteiger partial charge in [-0.05, 0) is 35.9 Å². The summed E-state index contributed by atoms with van der Waals surface area (Å²) in [5, 5.41) is 11.8. The molecule has 35 heavy (non-hydrogen) atoms. The summed E-state index contributed by atoms with van der Waals surface area (Å²) in [6.07, 6.45) is 3.83. The first kappa shape index (κ1) is 25.5. The normalized spacial score (nSPS) is 19.0. The lowest BCUT2D eigenvalue weighted by molar-refractivity contribution is -0.0646. The third kappa shape index (κ3) is 7.45. The molecular weight excluding hydrogens is 466 g/mol. The van der Waals surface area contributed by atoms with Crippen LogP contribution < -0.4 is 9.47 Å². The van der Waals surface area contributed by atoms with E-state index >= 15 is 0 Å². The van der Waals surface area contributed by atoms with Crippen LogP contribution in [-0.2, 0) is 17.8 Å². The van der Waals surface area contributed by atoms with Crippen molar-refractivity contribution in [2.24, 2.45) is 0 Å². The average Bonchev–Trinajstić information content (AvgIpc) is 3.23. The monoisotopic (exact) mass is 499 g/mol. The maximum Gasteiger partial charge on any atom is 0.134 e. The largest absolute Gasteiger partial charge is 0.492 e. The van der Waals surface area contributed by atoms with Gasteiger partial charge in [0.1, 0.15) is 36.1 Å². The van der Waals surface area contributed by atoms with Gasteiger partial charge >= 0.3 is 0 Å². The van der Waals surface area contributed by atoms with E-state index in [0.717, 1.165) is 30.2 Å². The highest BCUT2D eigenvalue weighted by molar-refractivity contribution is 6.30. The van der Waals surface area contributed by atoms with Crippen molar-refractivity contribution in [3.63, 3.8) is 0 Å². The smallest absolute Gasteiger partial charge is 0.134 e. The van der Waals surface area contributed by atoms with E-state index in [2.05, 4.69) is 40.4 Å². The molecule has 188 valence electrons. The van der Waals surface area contributed by atoms with Crippen molar-refractivity contribution in [2.45, 2.75) is 38.5 Å². The molecule has 0 spiro atoms. The zero-order valence-corrected chi connectivity index (χ0v) is 21.2. The van der Waals surface area contributed by atoms with Crippen molar-refractivity contribution in [3.8, 4) is 11.5 Å². The zero-order valence-electron chi connectivity index (χ0n) is 20.4. The van der Waals surface area contributed by atoms with Gasteiger partial charge < -0.3 is 23.9 Å². The predicted octanol–water partition coefficient (Wildman–Crippen LogP) is 4.38. The summed E-state index contributed by atoms with van der Waals surface area (Å²) in [6.45, 7) is 8.44. The van der Waals surface area contributed by atoms with E-state index in [1.54, 1.807) is 12.1 Å². The molecule has 1 atom stereocenters. The molecule has 3 aromatic rings. The molecule has 7 nitrogen and oxygen atoms in total. The zero-order chi connectivity index (χ0) is 24.7. The summed E-state index contributed by atoms with van der Waals surface area (Å²) in [7, 11) is 0. The van der Waals surface area contributed by atoms with E-state index in [1.165, 1.54) is 0 Å². The fourth-order valence-corrected chi connectivity index (χ4v) is 4.40. The molecule has 0 unspecified atom stereocenters. The number of hydrogen-bond acceptors (Lipinski definition) is 6. The van der Waals surface area contributed by atoms with Crippen LogP contribution in [0.5, 0.6) is 11.5 Å². The molecule has 8 heteroatoms. The van der Waals surface area contributed by atoms with Crippen LogP contribution in [0, 0.1) is 0 Å². The minimum Gasteiger partial charge on any atom is -0.492 e. The molecule has 1 aliphatic rings. The molecule has 0 radical (unpaired) electrons. The van der Waals surface area contributed by atoms with Gasteiger partial charge in [-0.15, -0.1) is 0 Å². The van der Waals surface area contributed by atoms with Gasteiger partial charge in [-0.2, -0.15) is 0 Å². The maximum absolute atomic E-state index is 11.2. The predicted molar refractivity (Wildman–Crippen MR) is 136 cm³/mol. The lowest BCUT2D eigenvalue weighted by Gasteiger charge is -2.30. The fraction of sp³-hybridized carbons (Fsp3) is 0.444. The number of β-amino-alcohol motifs (C(OH)–C–C–N with tert-alkyl or cyclic N) is 1. The number of rotatable bonds is 10. The molecule has 2 aromatic carbocycles. The standard InChI is InChI=1S/C27H34ClN3O4/c1-21(2)26-29-10-11-31(26)13-15-34-24-8-6-22(7-9-24)17-30-12-14-33-19-27(32,18-30)20-35-25-5-3-4-23(28)16-25/h3-11,16,21,32H,12-15,17-20H2,1-2H3/t27-/m1/s1. The Kier molecular flexibility index (Phi) is 8.68. The van der Waals surface area contributed by atoms with Crippen LogP contribution in [0.1, 0.15) is 31.2 Å². The second-order valence-electron chi connectivity index (χ2n) is 9.36. The number of aromatic nitrogens is 2. The Morgan fingerprint density at radius 1 is 1.14 bits per heavy atom. The van der Waals surface area contributed by atoms with Gasteiger partial charge in [0.15, 0.2) is 0 Å². The van der Waals surface area contributed by atoms with Crippen LogP contribution in [0.25, 0.3) is 0 Å². The highest BCUT2D eigenvalue weighted by Gasteiger charge is 2.33. The molecule has 0 saturated carbocycles. The molecule has 1 aromatic heterocycles. The molecule has 0 aliphatic carbocycles. The van der Waals surface area contributed by atoms with E-state index < -0.39 is 5.60 Å². The molecule has 4 rings (SSSR count). The van der Waals surface area contributed by atoms with Crippen molar-refractivity contribution in [2.75, 3.05) is 39.5 Å². The highest BCUT2D eigenvalue weighted by atomic mass is 35.5. The van der Waals surface area contributed by atoms with Crippen molar-refractivity contribution in [3.05, 3.63) is 77.3 Å². The summed E-state index contributed by atoms with van der Waals surface area (Å²) in [5.74, 6) is 2.93. The lowest BCUT2D eigenvalue weighted by Crippen LogP contribution is -2.48. The number of ether oxygens (including phenoxy) is 3. The van der Waals surface area contributed by atoms with Crippen molar-refractivity contribution in [1.82, 2.24) is 14.5 Å². The van der Waals surface area contributed by atoms with Crippen LogP contribution in [-0.4, -0.2) is 64.7 Å². The minimum atomic E-state index is -1.11. The Bertz CT molecular complexity index is 1070. The number of aliphatic hydroxyl groups is 1. The van der Waals surface area contributed by atoms with Crippen LogP contribution >= 0.6 is 11.6 Å². The number of nitrogens with zero attached hydrogens (tertiary/aromatic N) is 3. The molecule has 0 amide bonds. The van der Waals surface area contributed by atoms with Crippen molar-refractivity contribution in [1.29, 1.82) is 0 Å². The maximum atomic E-state index is 11.2. The van der Waals surface area contributed by atoms with Crippen molar-refractivity contribution >= 4 is 11.6 Å². The van der Waals surface area contributed by atoms with E-state index in [0.29, 0.717) is 43.0 Å². The first-order valence-corrected chi connectivity index (χ1v) is 12.4. The first-order valence-electron chi connectivity index (χ1n) is 12.0. The highest BCUT2D eigenvalue weighted by Crippen LogP contribution is 2.21. The van der Waals surface area contributed by atoms with Crippen LogP contribution in [0.2, 0.25) is 5.02 Å². The first-order chi connectivity index (χ1) is 16.9. The van der Waals surface area contributed by atoms with Crippen LogP contribution in [0.15, 0.2) is 60.9 Å². The van der Waals surface area contributed by atoms with Gasteiger partial charge in [-0.25, -0.2) is 4.98 Å². The Morgan fingerprint density at radius 3 is 2.74 bits per heavy atom. The fourth-order valence-electron chi connectivity index (χ4n) is 4.22. The Labute approximate surface area is 212 Å². The van der Waals surface area contributed by atoms with Gasteiger partial charge in [-0.1, -0.05) is 43.6 Å². The lowest BCUT2D eigenvalue weighted by atomic mass is 10.1. The van der Waals surface area contributed by atoms with Gasteiger partial charge in [0.2, 0.25) is 0 Å². The summed E-state index contributed by atoms with van der Waals surface area (Å²) >= 11 is 6.03. The van der Waals surface area contributed by atoms with Gasteiger partial charge in [-0.3, -0.25) is 4.90 Å². The Morgan fingerprint density at radius 2 is 1.97 bits per heavy atom. The minimum absolute atomic E-state index is 0.131. The summed E-state index contributed by atoms with van der Waals surface area (Å²) in [4.78, 5) is 6.61. The van der Waals surface area contributed by atoms with E-state index in [-0.39, 0.29) is 13.2 Å². The summed E-state index contributed by atoms with van der Waals surface area (Å²) in [6, 6.07) is 15.3. The van der Waals surface area contributed by atoms with E-state index in [1.807, 2.05) is 36.7 Å². The molecular formula is C27H34ClN3O4. The number of halogens is 1. The molecule has 2 heterocycles. The van der Waals surface area contributed by atoms with Gasteiger partial charge in [0.05, 0.1) is 19.8 Å². The van der Waals surface area contributed by atoms with Crippen LogP contribution in [0.4, 0.5) is 0 Å². The number of imidazole rings is 1. The van der Waals surface area contributed by atoms with Crippen molar-refractivity contribution < 1.29 is 19.3 Å². The Balaban J connectivity index is 1.28. The van der Waals surface area contributed by atoms with Crippen LogP contribution in [0.3, 0.4) is 0 Å². The summed E-state index contributed by atoms with van der Waals surface area (Å²) in [5.41, 5.74) is 0.0402. The average molecular weight is 500 g/mol. The molecule has 1 saturated heterocycles. The topological polar surface area (TPSA) is 69.0 Å². The molecule has 1 fully saturated rings. The molecule has 1 aliphatic heterocycles. The second-order valence-corrected chi connectivity index (χ2v) is 9.80. The third-order valence-corrected chi connectivity index (χ3v) is 6.17. The SMILES string of the molecule is CC(C)c1nccn1CCOc1ccc(CN2CCOC[C@@](O)(COc3cccc(Cl)c3)C2)cc1.